The lowest BCUT2D eigenvalue weighted by Gasteiger charge is -2.40. The Bertz CT molecular complexity index is 906. The highest BCUT2D eigenvalue weighted by Gasteiger charge is 2.29. The van der Waals surface area contributed by atoms with E-state index in [1.807, 2.05) is 30.6 Å². The highest BCUT2D eigenvalue weighted by atomic mass is 19.1. The highest BCUT2D eigenvalue weighted by Crippen LogP contribution is 2.28. The van der Waals surface area contributed by atoms with Gasteiger partial charge in [0.2, 0.25) is 0 Å². The summed E-state index contributed by atoms with van der Waals surface area (Å²) >= 11 is 0. The van der Waals surface area contributed by atoms with Crippen LogP contribution >= 0.6 is 0 Å². The zero-order chi connectivity index (χ0) is 21.5. The predicted octanol–water partition coefficient (Wildman–Crippen LogP) is 5.18. The summed E-state index contributed by atoms with van der Waals surface area (Å²) in [6.45, 7) is 4.01. The molecule has 4 rings (SSSR count). The Labute approximate surface area is 185 Å². The first kappa shape index (κ1) is 21.7. The van der Waals surface area contributed by atoms with Crippen LogP contribution in [0.5, 0.6) is 0 Å². The van der Waals surface area contributed by atoms with Gasteiger partial charge in [0.25, 0.3) is 0 Å². The van der Waals surface area contributed by atoms with Gasteiger partial charge in [-0.05, 0) is 80.2 Å². The number of hydrogen-bond donors (Lipinski definition) is 0. The standard InChI is InChI=1S/C27H32FN3/c1-30(20-24-8-5-15-29-19-24)27(18-22-6-3-2-4-7-22)25-13-16-31(17-14-25)21-23-9-11-26(28)12-10-23/h2-12,15,19,25,27H,13-14,16-18,20-21H2,1H3. The lowest BCUT2D eigenvalue weighted by Crippen LogP contribution is -2.44. The van der Waals surface area contributed by atoms with E-state index < -0.39 is 0 Å². The maximum absolute atomic E-state index is 13.2. The molecule has 2 heterocycles. The summed E-state index contributed by atoms with van der Waals surface area (Å²) < 4.78 is 13.2. The molecule has 0 radical (unpaired) electrons. The Morgan fingerprint density at radius 2 is 1.65 bits per heavy atom. The number of nitrogens with zero attached hydrogens (tertiary/aromatic N) is 3. The molecule has 31 heavy (non-hydrogen) atoms. The van der Waals surface area contributed by atoms with E-state index in [0.29, 0.717) is 12.0 Å². The van der Waals surface area contributed by atoms with Gasteiger partial charge in [0.1, 0.15) is 5.82 Å². The van der Waals surface area contributed by atoms with E-state index in [2.05, 4.69) is 58.2 Å². The van der Waals surface area contributed by atoms with E-state index in [1.165, 1.54) is 29.5 Å². The molecule has 0 aliphatic carbocycles. The summed E-state index contributed by atoms with van der Waals surface area (Å²) in [6, 6.07) is 22.5. The van der Waals surface area contributed by atoms with Crippen molar-refractivity contribution in [2.75, 3.05) is 20.1 Å². The number of likely N-dealkylation sites (tertiary alicyclic amines) is 1. The number of piperidine rings is 1. The van der Waals surface area contributed by atoms with Gasteiger partial charge in [-0.1, -0.05) is 48.5 Å². The quantitative estimate of drug-likeness (QED) is 0.504. The molecule has 1 saturated heterocycles. The summed E-state index contributed by atoms with van der Waals surface area (Å²) in [4.78, 5) is 9.31. The van der Waals surface area contributed by atoms with Gasteiger partial charge < -0.3 is 0 Å². The number of halogens is 1. The van der Waals surface area contributed by atoms with Crippen LogP contribution in [-0.4, -0.2) is 41.0 Å². The Hall–Kier alpha value is -2.56. The maximum atomic E-state index is 13.2. The van der Waals surface area contributed by atoms with Crippen molar-refractivity contribution in [3.8, 4) is 0 Å². The van der Waals surface area contributed by atoms with Crippen LogP contribution in [0.4, 0.5) is 4.39 Å². The molecule has 1 aromatic heterocycles. The normalized spacial score (nSPS) is 16.5. The first-order chi connectivity index (χ1) is 15.2. The van der Waals surface area contributed by atoms with Crippen LogP contribution in [0, 0.1) is 11.7 Å². The van der Waals surface area contributed by atoms with Gasteiger partial charge in [-0.25, -0.2) is 4.39 Å². The molecule has 0 spiro atoms. The number of likely N-dealkylation sites (N-methyl/N-ethyl adjacent to an activating group) is 1. The maximum Gasteiger partial charge on any atom is 0.123 e. The third kappa shape index (κ3) is 6.22. The lowest BCUT2D eigenvalue weighted by molar-refractivity contribution is 0.0953. The van der Waals surface area contributed by atoms with Gasteiger partial charge in [0.05, 0.1) is 0 Å². The van der Waals surface area contributed by atoms with E-state index >= 15 is 0 Å². The van der Waals surface area contributed by atoms with E-state index in [0.717, 1.165) is 32.6 Å². The fraction of sp³-hybridized carbons (Fsp3) is 0.370. The second-order valence-electron chi connectivity index (χ2n) is 8.77. The van der Waals surface area contributed by atoms with Gasteiger partial charge in [-0.2, -0.15) is 0 Å². The number of benzene rings is 2. The second-order valence-corrected chi connectivity index (χ2v) is 8.77. The Balaban J connectivity index is 1.40. The number of pyridine rings is 1. The second kappa shape index (κ2) is 10.7. The molecule has 4 heteroatoms. The summed E-state index contributed by atoms with van der Waals surface area (Å²) in [5.74, 6) is 0.495. The molecule has 1 fully saturated rings. The molecule has 0 saturated carbocycles. The highest BCUT2D eigenvalue weighted by molar-refractivity contribution is 5.18. The van der Waals surface area contributed by atoms with Crippen molar-refractivity contribution < 1.29 is 4.39 Å². The molecule has 0 amide bonds. The van der Waals surface area contributed by atoms with Gasteiger partial charge in [0.15, 0.2) is 0 Å². The van der Waals surface area contributed by atoms with Crippen molar-refractivity contribution in [2.24, 2.45) is 5.92 Å². The SMILES string of the molecule is CN(Cc1cccnc1)C(Cc1ccccc1)C1CCN(Cc2ccc(F)cc2)CC1. The minimum atomic E-state index is -0.164. The minimum absolute atomic E-state index is 0.164. The first-order valence-electron chi connectivity index (χ1n) is 11.3. The average molecular weight is 418 g/mol. The smallest absolute Gasteiger partial charge is 0.123 e. The fourth-order valence-corrected chi connectivity index (χ4v) is 4.78. The van der Waals surface area contributed by atoms with Crippen molar-refractivity contribution in [2.45, 2.75) is 38.4 Å². The minimum Gasteiger partial charge on any atom is -0.299 e. The Morgan fingerprint density at radius 1 is 0.935 bits per heavy atom. The van der Waals surface area contributed by atoms with Crippen LogP contribution < -0.4 is 0 Å². The van der Waals surface area contributed by atoms with Crippen molar-refractivity contribution >= 4 is 0 Å². The molecule has 1 atom stereocenters. The van der Waals surface area contributed by atoms with E-state index in [1.54, 1.807) is 12.1 Å². The molecule has 2 aromatic carbocycles. The van der Waals surface area contributed by atoms with Crippen LogP contribution in [0.15, 0.2) is 79.1 Å². The summed E-state index contributed by atoms with van der Waals surface area (Å²) in [7, 11) is 2.26. The van der Waals surface area contributed by atoms with E-state index in [9.17, 15) is 4.39 Å². The van der Waals surface area contributed by atoms with Gasteiger partial charge in [-0.15, -0.1) is 0 Å². The Morgan fingerprint density at radius 3 is 2.32 bits per heavy atom. The van der Waals surface area contributed by atoms with Gasteiger partial charge in [0, 0.05) is 31.5 Å². The molecule has 162 valence electrons. The van der Waals surface area contributed by atoms with Gasteiger partial charge >= 0.3 is 0 Å². The molecule has 1 aliphatic heterocycles. The van der Waals surface area contributed by atoms with Crippen LogP contribution in [0.3, 0.4) is 0 Å². The largest absolute Gasteiger partial charge is 0.299 e. The molecular weight excluding hydrogens is 385 g/mol. The average Bonchev–Trinajstić information content (AvgIpc) is 2.81. The Kier molecular flexibility index (Phi) is 7.44. The summed E-state index contributed by atoms with van der Waals surface area (Å²) in [5, 5.41) is 0. The van der Waals surface area contributed by atoms with Crippen LogP contribution in [-0.2, 0) is 19.5 Å². The van der Waals surface area contributed by atoms with E-state index in [4.69, 9.17) is 0 Å². The van der Waals surface area contributed by atoms with Crippen molar-refractivity contribution in [1.82, 2.24) is 14.8 Å². The zero-order valence-electron chi connectivity index (χ0n) is 18.3. The molecule has 3 aromatic rings. The number of rotatable bonds is 8. The van der Waals surface area contributed by atoms with Crippen molar-refractivity contribution in [1.29, 1.82) is 0 Å². The zero-order valence-corrected chi connectivity index (χ0v) is 18.3. The number of aromatic nitrogens is 1. The van der Waals surface area contributed by atoms with E-state index in [-0.39, 0.29) is 5.82 Å². The molecule has 0 N–H and O–H groups in total. The fourth-order valence-electron chi connectivity index (χ4n) is 4.78. The monoisotopic (exact) mass is 417 g/mol. The van der Waals surface area contributed by atoms with Crippen LogP contribution in [0.2, 0.25) is 0 Å². The lowest BCUT2D eigenvalue weighted by atomic mass is 9.84. The van der Waals surface area contributed by atoms with Crippen molar-refractivity contribution in [3.63, 3.8) is 0 Å². The number of hydrogen-bond acceptors (Lipinski definition) is 3. The van der Waals surface area contributed by atoms with Crippen molar-refractivity contribution in [3.05, 3.63) is 102 Å². The topological polar surface area (TPSA) is 19.4 Å². The first-order valence-corrected chi connectivity index (χ1v) is 11.3. The predicted molar refractivity (Wildman–Crippen MR) is 124 cm³/mol. The molecular formula is C27H32FN3. The van der Waals surface area contributed by atoms with Gasteiger partial charge in [-0.3, -0.25) is 14.8 Å². The summed E-state index contributed by atoms with van der Waals surface area (Å²) in [5.41, 5.74) is 3.85. The molecule has 0 bridgehead atoms. The van der Waals surface area contributed by atoms with Crippen LogP contribution in [0.1, 0.15) is 29.5 Å². The third-order valence-corrected chi connectivity index (χ3v) is 6.50. The molecule has 1 aliphatic rings. The summed E-state index contributed by atoms with van der Waals surface area (Å²) in [6.07, 6.45) is 7.26. The third-order valence-electron chi connectivity index (χ3n) is 6.50. The molecule has 1 unspecified atom stereocenters. The molecule has 3 nitrogen and oxygen atoms in total. The van der Waals surface area contributed by atoms with Crippen LogP contribution in [0.25, 0.3) is 0 Å².